The fourth-order valence-electron chi connectivity index (χ4n) is 1.38. The first-order valence-corrected chi connectivity index (χ1v) is 5.26. The fraction of sp³-hybridized carbons (Fsp3) is 0.250. The van der Waals surface area contributed by atoms with E-state index in [1.807, 2.05) is 0 Å². The van der Waals surface area contributed by atoms with Crippen molar-refractivity contribution >= 4 is 23.5 Å². The zero-order chi connectivity index (χ0) is 13.7. The number of hydrogen-bond donors (Lipinski definition) is 2. The number of para-hydroxylation sites is 1. The van der Waals surface area contributed by atoms with Crippen molar-refractivity contribution < 1.29 is 19.5 Å². The lowest BCUT2D eigenvalue weighted by atomic mass is 10.1. The number of rotatable bonds is 4. The van der Waals surface area contributed by atoms with Crippen LogP contribution in [0, 0.1) is 0 Å². The van der Waals surface area contributed by atoms with Crippen LogP contribution < -0.4 is 10.2 Å². The molecule has 1 aromatic rings. The first-order chi connectivity index (χ1) is 8.43. The number of carboxylic acid groups (broad SMARTS) is 1. The van der Waals surface area contributed by atoms with Gasteiger partial charge < -0.3 is 15.3 Å². The van der Waals surface area contributed by atoms with Crippen LogP contribution in [0.2, 0.25) is 0 Å². The molecular formula is C12H14N2O4. The highest BCUT2D eigenvalue weighted by Crippen LogP contribution is 2.19. The Labute approximate surface area is 104 Å². The van der Waals surface area contributed by atoms with Gasteiger partial charge in [0.1, 0.15) is 6.54 Å². The number of hydrogen-bond acceptors (Lipinski definition) is 3. The second-order valence-corrected chi connectivity index (χ2v) is 3.67. The molecule has 2 amide bonds. The van der Waals surface area contributed by atoms with Crippen molar-refractivity contribution in [2.45, 2.75) is 6.92 Å². The number of aliphatic carboxylic acids is 1. The van der Waals surface area contributed by atoms with E-state index in [4.69, 9.17) is 5.11 Å². The lowest BCUT2D eigenvalue weighted by Crippen LogP contribution is -2.32. The van der Waals surface area contributed by atoms with E-state index in [1.54, 1.807) is 25.2 Å². The van der Waals surface area contributed by atoms with Gasteiger partial charge in [-0.3, -0.25) is 14.4 Å². The minimum atomic E-state index is -1.12. The molecule has 0 aliphatic carbocycles. The van der Waals surface area contributed by atoms with Crippen molar-refractivity contribution in [2.75, 3.05) is 18.5 Å². The van der Waals surface area contributed by atoms with E-state index in [2.05, 4.69) is 5.32 Å². The van der Waals surface area contributed by atoms with Gasteiger partial charge in [-0.1, -0.05) is 12.1 Å². The Bertz CT molecular complexity index is 485. The predicted octanol–water partition coefficient (Wildman–Crippen LogP) is 0.484. The summed E-state index contributed by atoms with van der Waals surface area (Å²) < 4.78 is 0. The minimum absolute atomic E-state index is 0.214. The normalized spacial score (nSPS) is 9.67. The highest BCUT2D eigenvalue weighted by molar-refractivity contribution is 6.04. The quantitative estimate of drug-likeness (QED) is 0.813. The Hall–Kier alpha value is -2.37. The van der Waals surface area contributed by atoms with E-state index in [-0.39, 0.29) is 11.5 Å². The molecule has 0 saturated carbocycles. The Morgan fingerprint density at radius 1 is 1.28 bits per heavy atom. The molecule has 0 radical (unpaired) electrons. The van der Waals surface area contributed by atoms with E-state index < -0.39 is 18.4 Å². The first kappa shape index (κ1) is 13.7. The molecule has 2 N–H and O–H groups in total. The minimum Gasteiger partial charge on any atom is -0.480 e. The number of carbonyl (C=O) groups is 3. The summed E-state index contributed by atoms with van der Waals surface area (Å²) in [5, 5.41) is 10.8. The van der Waals surface area contributed by atoms with Gasteiger partial charge in [-0.15, -0.1) is 0 Å². The topological polar surface area (TPSA) is 86.7 Å². The molecular weight excluding hydrogens is 236 g/mol. The van der Waals surface area contributed by atoms with Gasteiger partial charge in [0.2, 0.25) is 5.91 Å². The van der Waals surface area contributed by atoms with Crippen LogP contribution in [-0.4, -0.2) is 36.5 Å². The average Bonchev–Trinajstić information content (AvgIpc) is 2.34. The summed E-state index contributed by atoms with van der Waals surface area (Å²) in [5.74, 6) is -1.87. The zero-order valence-electron chi connectivity index (χ0n) is 10.1. The molecule has 0 aliphatic heterocycles. The number of carboxylic acids is 1. The van der Waals surface area contributed by atoms with Gasteiger partial charge in [0.15, 0.2) is 0 Å². The maximum atomic E-state index is 11.8. The third-order valence-electron chi connectivity index (χ3n) is 2.38. The van der Waals surface area contributed by atoms with Gasteiger partial charge in [0.25, 0.3) is 5.91 Å². The second-order valence-electron chi connectivity index (χ2n) is 3.67. The molecule has 6 heteroatoms. The van der Waals surface area contributed by atoms with Crippen LogP contribution in [0.5, 0.6) is 0 Å². The van der Waals surface area contributed by atoms with Crippen LogP contribution in [0.15, 0.2) is 24.3 Å². The molecule has 0 heterocycles. The van der Waals surface area contributed by atoms with Crippen molar-refractivity contribution in [3.8, 4) is 0 Å². The SMILES string of the molecule is CC(=O)N(C)c1ccccc1C(=O)NCC(=O)O. The Kier molecular flexibility index (Phi) is 4.42. The molecule has 6 nitrogen and oxygen atoms in total. The first-order valence-electron chi connectivity index (χ1n) is 5.26. The van der Waals surface area contributed by atoms with Gasteiger partial charge >= 0.3 is 5.97 Å². The van der Waals surface area contributed by atoms with Gasteiger partial charge in [-0.05, 0) is 12.1 Å². The standard InChI is InChI=1S/C12H14N2O4/c1-8(15)14(2)10-6-4-3-5-9(10)12(18)13-7-11(16)17/h3-6H,7H2,1-2H3,(H,13,18)(H,16,17). The van der Waals surface area contributed by atoms with Crippen LogP contribution in [0.25, 0.3) is 0 Å². The van der Waals surface area contributed by atoms with E-state index >= 15 is 0 Å². The monoisotopic (exact) mass is 250 g/mol. The Morgan fingerprint density at radius 2 is 1.89 bits per heavy atom. The molecule has 0 bridgehead atoms. The van der Waals surface area contributed by atoms with Crippen LogP contribution in [0.4, 0.5) is 5.69 Å². The highest BCUT2D eigenvalue weighted by Gasteiger charge is 2.16. The number of benzene rings is 1. The second kappa shape index (κ2) is 5.81. The van der Waals surface area contributed by atoms with Crippen LogP contribution in [0.3, 0.4) is 0 Å². The van der Waals surface area contributed by atoms with Crippen LogP contribution in [-0.2, 0) is 9.59 Å². The molecule has 0 saturated heterocycles. The van der Waals surface area contributed by atoms with Crippen molar-refractivity contribution in [2.24, 2.45) is 0 Å². The zero-order valence-corrected chi connectivity index (χ0v) is 10.1. The van der Waals surface area contributed by atoms with Gasteiger partial charge in [0.05, 0.1) is 11.3 Å². The fourth-order valence-corrected chi connectivity index (χ4v) is 1.38. The largest absolute Gasteiger partial charge is 0.480 e. The maximum absolute atomic E-state index is 11.8. The van der Waals surface area contributed by atoms with E-state index in [0.29, 0.717) is 5.69 Å². The molecule has 0 unspecified atom stereocenters. The summed E-state index contributed by atoms with van der Waals surface area (Å²) >= 11 is 0. The molecule has 0 aliphatic rings. The lowest BCUT2D eigenvalue weighted by Gasteiger charge is -2.18. The average molecular weight is 250 g/mol. The van der Waals surface area contributed by atoms with Crippen molar-refractivity contribution in [1.82, 2.24) is 5.32 Å². The number of amides is 2. The molecule has 0 aromatic heterocycles. The molecule has 1 rings (SSSR count). The molecule has 0 spiro atoms. The summed E-state index contributed by atoms with van der Waals surface area (Å²) in [6, 6.07) is 6.50. The predicted molar refractivity (Wildman–Crippen MR) is 65.5 cm³/mol. The molecule has 1 aromatic carbocycles. The summed E-state index contributed by atoms with van der Waals surface area (Å²) in [4.78, 5) is 34.8. The summed E-state index contributed by atoms with van der Waals surface area (Å²) in [7, 11) is 1.55. The Morgan fingerprint density at radius 3 is 2.44 bits per heavy atom. The summed E-state index contributed by atoms with van der Waals surface area (Å²) in [6.45, 7) is 0.920. The molecule has 96 valence electrons. The maximum Gasteiger partial charge on any atom is 0.322 e. The third kappa shape index (κ3) is 3.31. The number of nitrogens with zero attached hydrogens (tertiary/aromatic N) is 1. The molecule has 18 heavy (non-hydrogen) atoms. The molecule has 0 fully saturated rings. The van der Waals surface area contributed by atoms with Crippen LogP contribution >= 0.6 is 0 Å². The highest BCUT2D eigenvalue weighted by atomic mass is 16.4. The lowest BCUT2D eigenvalue weighted by molar-refractivity contribution is -0.135. The van der Waals surface area contributed by atoms with Gasteiger partial charge in [-0.2, -0.15) is 0 Å². The van der Waals surface area contributed by atoms with Gasteiger partial charge in [-0.25, -0.2) is 0 Å². The van der Waals surface area contributed by atoms with Crippen molar-refractivity contribution in [1.29, 1.82) is 0 Å². The van der Waals surface area contributed by atoms with E-state index in [1.165, 1.54) is 17.9 Å². The van der Waals surface area contributed by atoms with Gasteiger partial charge in [0, 0.05) is 14.0 Å². The van der Waals surface area contributed by atoms with Crippen molar-refractivity contribution in [3.63, 3.8) is 0 Å². The smallest absolute Gasteiger partial charge is 0.322 e. The van der Waals surface area contributed by atoms with E-state index in [0.717, 1.165) is 0 Å². The number of nitrogens with one attached hydrogen (secondary N) is 1. The van der Waals surface area contributed by atoms with Crippen LogP contribution in [0.1, 0.15) is 17.3 Å². The number of anilines is 1. The molecule has 0 atom stereocenters. The Balaban J connectivity index is 2.98. The summed E-state index contributed by atoms with van der Waals surface area (Å²) in [6.07, 6.45) is 0. The summed E-state index contributed by atoms with van der Waals surface area (Å²) in [5.41, 5.74) is 0.698. The van der Waals surface area contributed by atoms with Crippen molar-refractivity contribution in [3.05, 3.63) is 29.8 Å². The third-order valence-corrected chi connectivity index (χ3v) is 2.38. The number of carbonyl (C=O) groups excluding carboxylic acids is 2. The van der Waals surface area contributed by atoms with E-state index in [9.17, 15) is 14.4 Å².